The van der Waals surface area contributed by atoms with Gasteiger partial charge in [0.2, 0.25) is 5.91 Å². The van der Waals surface area contributed by atoms with Crippen LogP contribution in [0.3, 0.4) is 0 Å². The van der Waals surface area contributed by atoms with Crippen LogP contribution in [0, 0.1) is 12.8 Å². The number of rotatable bonds is 5. The second-order valence-electron chi connectivity index (χ2n) is 6.99. The van der Waals surface area contributed by atoms with Gasteiger partial charge < -0.3 is 9.64 Å². The van der Waals surface area contributed by atoms with Gasteiger partial charge in [0.25, 0.3) is 0 Å². The predicted octanol–water partition coefficient (Wildman–Crippen LogP) is 4.03. The number of carbonyl (C=O) groups is 1. The number of likely N-dealkylation sites (tertiary alicyclic amines) is 1. The van der Waals surface area contributed by atoms with Crippen molar-refractivity contribution in [1.82, 2.24) is 4.90 Å². The van der Waals surface area contributed by atoms with Crippen molar-refractivity contribution in [2.45, 2.75) is 32.6 Å². The Balaban J connectivity index is 1.50. The van der Waals surface area contributed by atoms with Crippen LogP contribution in [-0.4, -0.2) is 31.0 Å². The quantitative estimate of drug-likeness (QED) is 0.824. The molecule has 2 aromatic rings. The minimum absolute atomic E-state index is 0.239. The summed E-state index contributed by atoms with van der Waals surface area (Å²) in [4.78, 5) is 14.6. The maximum absolute atomic E-state index is 12.6. The fraction of sp³-hybridized carbons (Fsp3) is 0.409. The third kappa shape index (κ3) is 4.62. The lowest BCUT2D eigenvalue weighted by molar-refractivity contribution is -0.131. The molecule has 3 rings (SSSR count). The number of benzene rings is 2. The van der Waals surface area contributed by atoms with E-state index in [9.17, 15) is 4.79 Å². The molecule has 0 atom stereocenters. The lowest BCUT2D eigenvalue weighted by Crippen LogP contribution is -2.39. The van der Waals surface area contributed by atoms with E-state index in [0.717, 1.165) is 49.2 Å². The standard InChI is InChI=1S/C22H27NO2/c1-17-14-20(8-9-21(17)25-2)16-22(24)23-12-10-19(11-13-23)15-18-6-4-3-5-7-18/h3-9,14,19H,10-13,15-16H2,1-2H3. The van der Waals surface area contributed by atoms with E-state index < -0.39 is 0 Å². The van der Waals surface area contributed by atoms with Crippen LogP contribution >= 0.6 is 0 Å². The lowest BCUT2D eigenvalue weighted by Gasteiger charge is -2.32. The molecule has 1 heterocycles. The molecule has 1 aliphatic heterocycles. The van der Waals surface area contributed by atoms with Gasteiger partial charge in [-0.15, -0.1) is 0 Å². The molecule has 0 spiro atoms. The second kappa shape index (κ2) is 8.19. The van der Waals surface area contributed by atoms with E-state index in [-0.39, 0.29) is 5.91 Å². The second-order valence-corrected chi connectivity index (χ2v) is 6.99. The molecule has 0 N–H and O–H groups in total. The fourth-order valence-electron chi connectivity index (χ4n) is 3.67. The Labute approximate surface area is 150 Å². The zero-order valence-corrected chi connectivity index (χ0v) is 15.2. The smallest absolute Gasteiger partial charge is 0.226 e. The van der Waals surface area contributed by atoms with Gasteiger partial charge in [-0.25, -0.2) is 0 Å². The van der Waals surface area contributed by atoms with Crippen molar-refractivity contribution in [1.29, 1.82) is 0 Å². The molecule has 0 bridgehead atoms. The zero-order valence-electron chi connectivity index (χ0n) is 15.2. The molecule has 1 saturated heterocycles. The van der Waals surface area contributed by atoms with Crippen molar-refractivity contribution in [3.63, 3.8) is 0 Å². The normalized spacial score (nSPS) is 15.2. The first-order chi connectivity index (χ1) is 12.2. The van der Waals surface area contributed by atoms with Crippen LogP contribution < -0.4 is 4.74 Å². The highest BCUT2D eigenvalue weighted by Gasteiger charge is 2.23. The van der Waals surface area contributed by atoms with Crippen LogP contribution in [0.2, 0.25) is 0 Å². The van der Waals surface area contributed by atoms with Crippen molar-refractivity contribution in [2.24, 2.45) is 5.92 Å². The van der Waals surface area contributed by atoms with Crippen molar-refractivity contribution >= 4 is 5.91 Å². The van der Waals surface area contributed by atoms with E-state index >= 15 is 0 Å². The third-order valence-corrected chi connectivity index (χ3v) is 5.15. The van der Waals surface area contributed by atoms with Gasteiger partial charge in [-0.1, -0.05) is 42.5 Å². The highest BCUT2D eigenvalue weighted by atomic mass is 16.5. The summed E-state index contributed by atoms with van der Waals surface area (Å²) in [5.74, 6) is 1.80. The van der Waals surface area contributed by atoms with E-state index in [1.54, 1.807) is 7.11 Å². The number of amides is 1. The summed E-state index contributed by atoms with van der Waals surface area (Å²) in [6.07, 6.45) is 3.80. The minimum Gasteiger partial charge on any atom is -0.496 e. The molecule has 1 fully saturated rings. The third-order valence-electron chi connectivity index (χ3n) is 5.15. The number of hydrogen-bond donors (Lipinski definition) is 0. The van der Waals surface area contributed by atoms with E-state index in [2.05, 4.69) is 36.4 Å². The van der Waals surface area contributed by atoms with Gasteiger partial charge >= 0.3 is 0 Å². The highest BCUT2D eigenvalue weighted by molar-refractivity contribution is 5.79. The molecule has 0 aliphatic carbocycles. The summed E-state index contributed by atoms with van der Waals surface area (Å²) in [7, 11) is 1.67. The van der Waals surface area contributed by atoms with E-state index in [4.69, 9.17) is 4.74 Å². The SMILES string of the molecule is COc1ccc(CC(=O)N2CCC(Cc3ccccc3)CC2)cc1C. The molecule has 0 aromatic heterocycles. The maximum Gasteiger partial charge on any atom is 0.226 e. The number of ether oxygens (including phenoxy) is 1. The number of carbonyl (C=O) groups excluding carboxylic acids is 1. The Hall–Kier alpha value is -2.29. The zero-order chi connectivity index (χ0) is 17.6. The first-order valence-electron chi connectivity index (χ1n) is 9.11. The molecule has 2 aromatic carbocycles. The van der Waals surface area contributed by atoms with E-state index in [0.29, 0.717) is 12.3 Å². The van der Waals surface area contributed by atoms with Gasteiger partial charge in [0.1, 0.15) is 5.75 Å². The van der Waals surface area contributed by atoms with Crippen LogP contribution in [0.25, 0.3) is 0 Å². The molecule has 0 unspecified atom stereocenters. The summed E-state index contributed by atoms with van der Waals surface area (Å²) in [6.45, 7) is 3.78. The predicted molar refractivity (Wildman–Crippen MR) is 101 cm³/mol. The van der Waals surface area contributed by atoms with Crippen LogP contribution in [-0.2, 0) is 17.6 Å². The molecule has 1 amide bonds. The number of aryl methyl sites for hydroxylation is 1. The van der Waals surface area contributed by atoms with E-state index in [1.165, 1.54) is 5.56 Å². The van der Waals surface area contributed by atoms with Crippen molar-refractivity contribution in [3.8, 4) is 5.75 Å². The van der Waals surface area contributed by atoms with Crippen molar-refractivity contribution in [3.05, 3.63) is 65.2 Å². The monoisotopic (exact) mass is 337 g/mol. The number of piperidine rings is 1. The summed E-state index contributed by atoms with van der Waals surface area (Å²) in [5.41, 5.74) is 3.55. The average molecular weight is 337 g/mol. The first kappa shape index (κ1) is 17.5. The molecule has 0 saturated carbocycles. The number of nitrogens with zero attached hydrogens (tertiary/aromatic N) is 1. The molecule has 3 heteroatoms. The topological polar surface area (TPSA) is 29.5 Å². The molecule has 132 valence electrons. The van der Waals surface area contributed by atoms with Gasteiger partial charge in [0.05, 0.1) is 13.5 Å². The maximum atomic E-state index is 12.6. The Morgan fingerprint density at radius 3 is 2.44 bits per heavy atom. The Morgan fingerprint density at radius 2 is 1.80 bits per heavy atom. The number of methoxy groups -OCH3 is 1. The summed E-state index contributed by atoms with van der Waals surface area (Å²) >= 11 is 0. The Kier molecular flexibility index (Phi) is 5.75. The molecule has 3 nitrogen and oxygen atoms in total. The summed E-state index contributed by atoms with van der Waals surface area (Å²) in [5, 5.41) is 0. The van der Waals surface area contributed by atoms with Gasteiger partial charge in [-0.2, -0.15) is 0 Å². The van der Waals surface area contributed by atoms with Gasteiger partial charge in [0.15, 0.2) is 0 Å². The van der Waals surface area contributed by atoms with Gasteiger partial charge in [-0.05, 0) is 54.9 Å². The molecule has 25 heavy (non-hydrogen) atoms. The summed E-state index contributed by atoms with van der Waals surface area (Å²) in [6, 6.07) is 16.7. The molecular formula is C22H27NO2. The summed E-state index contributed by atoms with van der Waals surface area (Å²) < 4.78 is 5.29. The number of hydrogen-bond acceptors (Lipinski definition) is 2. The fourth-order valence-corrected chi connectivity index (χ4v) is 3.67. The van der Waals surface area contributed by atoms with Gasteiger partial charge in [-0.3, -0.25) is 4.79 Å². The van der Waals surface area contributed by atoms with Crippen LogP contribution in [0.4, 0.5) is 0 Å². The van der Waals surface area contributed by atoms with Crippen molar-refractivity contribution < 1.29 is 9.53 Å². The molecule has 0 radical (unpaired) electrons. The molecular weight excluding hydrogens is 310 g/mol. The minimum atomic E-state index is 0.239. The molecule has 1 aliphatic rings. The van der Waals surface area contributed by atoms with E-state index in [1.807, 2.05) is 24.0 Å². The lowest BCUT2D eigenvalue weighted by atomic mass is 9.90. The highest BCUT2D eigenvalue weighted by Crippen LogP contribution is 2.23. The van der Waals surface area contributed by atoms with Gasteiger partial charge in [0, 0.05) is 13.1 Å². The van der Waals surface area contributed by atoms with Crippen LogP contribution in [0.15, 0.2) is 48.5 Å². The first-order valence-corrected chi connectivity index (χ1v) is 9.11. The average Bonchev–Trinajstić information content (AvgIpc) is 2.63. The van der Waals surface area contributed by atoms with Crippen molar-refractivity contribution in [2.75, 3.05) is 20.2 Å². The van der Waals surface area contributed by atoms with Crippen LogP contribution in [0.1, 0.15) is 29.5 Å². The van der Waals surface area contributed by atoms with Crippen LogP contribution in [0.5, 0.6) is 5.75 Å². The Bertz CT molecular complexity index is 703. The Morgan fingerprint density at radius 1 is 1.08 bits per heavy atom. The largest absolute Gasteiger partial charge is 0.496 e.